The van der Waals surface area contributed by atoms with Gasteiger partial charge < -0.3 is 25.7 Å². The van der Waals surface area contributed by atoms with E-state index >= 15 is 0 Å². The molecule has 2 saturated carbocycles. The number of hydrogen-bond acceptors (Lipinski definition) is 0. The van der Waals surface area contributed by atoms with Gasteiger partial charge in [0.1, 0.15) is 0 Å². The van der Waals surface area contributed by atoms with Gasteiger partial charge in [0.05, 0.1) is 0 Å². The summed E-state index contributed by atoms with van der Waals surface area (Å²) in [5, 5.41) is 0. The minimum absolute atomic E-state index is 0. The van der Waals surface area contributed by atoms with Crippen LogP contribution >= 0.6 is 0 Å². The molecule has 2 aliphatic rings. The molecule has 0 atom stereocenters. The Morgan fingerprint density at radius 2 is 0.600 bits per heavy atom. The maximum Gasteiger partial charge on any atom is 1.00 e. The van der Waals surface area contributed by atoms with E-state index in [1.807, 2.05) is 0 Å². The first-order valence-electron chi connectivity index (χ1n) is 5.27. The second-order valence-corrected chi connectivity index (χ2v) is 3.46. The minimum Gasteiger partial charge on any atom is -0.333 e. The standard InChI is InChI=1S/2C6H10.La.Pa.Rb/c2*1-2-4-6-5-3-1;;;/h2*1,6H,2-5H2;;;/q2*-2;;;+1. The predicted molar refractivity (Wildman–Crippen MR) is 54.1 cm³/mol. The Labute approximate surface area is 198 Å². The summed E-state index contributed by atoms with van der Waals surface area (Å²) in [6, 6.07) is 0. The average Bonchev–Trinajstić information content (AvgIpc) is 2.24. The molecule has 2 aliphatic carbocycles. The Bertz CT molecular complexity index is 58.6. The van der Waals surface area contributed by atoms with Crippen LogP contribution in [0.2, 0.25) is 0 Å². The molecule has 0 saturated heterocycles. The molecular formula is C12H20LaPaRb-3. The monoisotopic (exact) mass is 619 g/mol. The van der Waals surface area contributed by atoms with Crippen molar-refractivity contribution in [1.29, 1.82) is 0 Å². The van der Waals surface area contributed by atoms with Crippen molar-refractivity contribution in [2.24, 2.45) is 0 Å². The SMILES string of the molecule is [CH-]1CC[CH-]CC1.[CH-]1CC[CH-]CC1.[La].[Pa].[Rb+]. The van der Waals surface area contributed by atoms with Crippen molar-refractivity contribution >= 4 is 0 Å². The molecule has 0 aromatic rings. The summed E-state index contributed by atoms with van der Waals surface area (Å²) >= 11 is 0. The molecule has 2 radical (unpaired) electrons. The molecular weight excluding hydrogens is 600 g/mol. The molecule has 78 valence electrons. The van der Waals surface area contributed by atoms with E-state index in [4.69, 9.17) is 0 Å². The quantitative estimate of drug-likeness (QED) is 0.355. The van der Waals surface area contributed by atoms with Crippen LogP contribution in [0, 0.1) is 93.6 Å². The van der Waals surface area contributed by atoms with Crippen LogP contribution < -0.4 is 58.2 Å². The zero-order chi connectivity index (χ0) is 8.49. The Hall–Kier alpha value is 4.09. The van der Waals surface area contributed by atoms with E-state index in [9.17, 15) is 0 Å². The maximum absolute atomic E-state index is 2.36. The fourth-order valence-corrected chi connectivity index (χ4v) is 1.52. The molecule has 0 aromatic heterocycles. The zero-order valence-electron chi connectivity index (χ0n) is 10.1. The van der Waals surface area contributed by atoms with E-state index in [2.05, 4.69) is 25.7 Å². The van der Waals surface area contributed by atoms with E-state index in [1.54, 1.807) is 0 Å². The topological polar surface area (TPSA) is 0 Å². The average molecular weight is 620 g/mol. The van der Waals surface area contributed by atoms with Gasteiger partial charge in [-0.2, -0.15) is 0 Å². The van der Waals surface area contributed by atoms with Gasteiger partial charge in [0, 0.05) is 67.9 Å². The number of hydrogen-bond donors (Lipinski definition) is 0. The van der Waals surface area contributed by atoms with Crippen LogP contribution in [0.3, 0.4) is 0 Å². The molecule has 0 unspecified atom stereocenters. The third-order valence-electron chi connectivity index (χ3n) is 2.30. The van der Waals surface area contributed by atoms with E-state index in [0.29, 0.717) is 0 Å². The van der Waals surface area contributed by atoms with Crippen molar-refractivity contribution in [3.05, 3.63) is 25.7 Å². The first-order chi connectivity index (χ1) is 6.00. The molecule has 3 heteroatoms. The summed E-state index contributed by atoms with van der Waals surface area (Å²) in [5.74, 6) is 0. The van der Waals surface area contributed by atoms with Crippen molar-refractivity contribution in [1.82, 2.24) is 0 Å². The van der Waals surface area contributed by atoms with Crippen LogP contribution in [0.4, 0.5) is 0 Å². The molecule has 0 spiro atoms. The van der Waals surface area contributed by atoms with E-state index in [0.717, 1.165) is 0 Å². The zero-order valence-corrected chi connectivity index (χ0v) is 23.5. The van der Waals surface area contributed by atoms with Crippen LogP contribution in [-0.2, 0) is 0 Å². The van der Waals surface area contributed by atoms with Crippen molar-refractivity contribution in [2.45, 2.75) is 51.4 Å². The van der Waals surface area contributed by atoms with Gasteiger partial charge in [0.2, 0.25) is 0 Å². The summed E-state index contributed by atoms with van der Waals surface area (Å²) in [6.07, 6.45) is 20.0. The molecule has 2 rings (SSSR count). The molecule has 0 nitrogen and oxygen atoms in total. The van der Waals surface area contributed by atoms with Crippen molar-refractivity contribution in [2.75, 3.05) is 0 Å². The molecule has 0 N–H and O–H groups in total. The summed E-state index contributed by atoms with van der Waals surface area (Å²) in [7, 11) is 0. The van der Waals surface area contributed by atoms with Gasteiger partial charge in [-0.3, -0.25) is 0 Å². The van der Waals surface area contributed by atoms with Crippen LogP contribution in [0.15, 0.2) is 0 Å². The molecule has 0 bridgehead atoms. The fraction of sp³-hybridized carbons (Fsp3) is 0.667. The number of rotatable bonds is 0. The van der Waals surface area contributed by atoms with Crippen LogP contribution in [0.5, 0.6) is 0 Å². The smallest absolute Gasteiger partial charge is 0.333 e. The van der Waals surface area contributed by atoms with E-state index in [1.165, 1.54) is 51.4 Å². The molecule has 2 fully saturated rings. The van der Waals surface area contributed by atoms with Crippen LogP contribution in [0.25, 0.3) is 0 Å². The second kappa shape index (κ2) is 20.4. The summed E-state index contributed by atoms with van der Waals surface area (Å²) in [6.45, 7) is 0. The maximum atomic E-state index is 2.36. The largest absolute Gasteiger partial charge is 1.00 e. The second-order valence-electron chi connectivity index (χ2n) is 3.46. The van der Waals surface area contributed by atoms with E-state index < -0.39 is 0 Å². The van der Waals surface area contributed by atoms with Crippen molar-refractivity contribution in [3.8, 4) is 0 Å². The van der Waals surface area contributed by atoms with Crippen LogP contribution in [-0.4, -0.2) is 0 Å². The third-order valence-corrected chi connectivity index (χ3v) is 2.30. The Morgan fingerprint density at radius 3 is 0.667 bits per heavy atom. The summed E-state index contributed by atoms with van der Waals surface area (Å²) in [5.41, 5.74) is 0. The van der Waals surface area contributed by atoms with Gasteiger partial charge in [-0.15, -0.1) is 0 Å². The van der Waals surface area contributed by atoms with Gasteiger partial charge >= 0.3 is 58.2 Å². The van der Waals surface area contributed by atoms with E-state index in [-0.39, 0.29) is 126 Å². The predicted octanol–water partition coefficient (Wildman–Crippen LogP) is 0.942. The van der Waals surface area contributed by atoms with Gasteiger partial charge in [-0.25, -0.2) is 51.4 Å². The van der Waals surface area contributed by atoms with Crippen LogP contribution in [0.1, 0.15) is 51.4 Å². The molecule has 15 heavy (non-hydrogen) atoms. The fourth-order valence-electron chi connectivity index (χ4n) is 1.52. The minimum atomic E-state index is 0. The Kier molecular flexibility index (Phi) is 32.8. The van der Waals surface area contributed by atoms with Crippen molar-refractivity contribution < 1.29 is 126 Å². The van der Waals surface area contributed by atoms with Gasteiger partial charge in [0.25, 0.3) is 0 Å². The van der Waals surface area contributed by atoms with Gasteiger partial charge in [-0.1, -0.05) is 0 Å². The summed E-state index contributed by atoms with van der Waals surface area (Å²) in [4.78, 5) is 0. The third kappa shape index (κ3) is 18.1. The molecule has 0 heterocycles. The van der Waals surface area contributed by atoms with Gasteiger partial charge in [-0.05, 0) is 0 Å². The van der Waals surface area contributed by atoms with Gasteiger partial charge in [0.15, 0.2) is 0 Å². The molecule has 0 aliphatic heterocycles. The Balaban J connectivity index is -0.000000160. The summed E-state index contributed by atoms with van der Waals surface area (Å²) < 4.78 is 0. The first kappa shape index (κ1) is 24.1. The first-order valence-corrected chi connectivity index (χ1v) is 5.27. The molecule has 0 amide bonds. The normalized spacial score (nSPS) is 19.2. The Morgan fingerprint density at radius 1 is 0.467 bits per heavy atom. The van der Waals surface area contributed by atoms with Crippen molar-refractivity contribution in [3.63, 3.8) is 0 Å². The molecule has 0 aromatic carbocycles.